The monoisotopic (exact) mass is 219 g/mol. The van der Waals surface area contributed by atoms with E-state index in [9.17, 15) is 9.59 Å². The van der Waals surface area contributed by atoms with Crippen molar-refractivity contribution in [1.82, 2.24) is 4.90 Å². The average Bonchev–Trinajstić information content (AvgIpc) is 2.05. The number of rotatable bonds is 4. The molecule has 0 heterocycles. The number of halogens is 1. The minimum absolute atomic E-state index is 0. The zero-order chi connectivity index (χ0) is 10.3. The quantitative estimate of drug-likeness (QED) is 0.543. The average molecular weight is 220 g/mol. The molecule has 0 aromatic carbocycles. The Morgan fingerprint density at radius 2 is 2.07 bits per heavy atom. The van der Waals surface area contributed by atoms with Crippen LogP contribution in [0.25, 0.3) is 0 Å². The summed E-state index contributed by atoms with van der Waals surface area (Å²) in [5, 5.41) is 8.26. The number of nitrogens with zero attached hydrogens (tertiary/aromatic N) is 2. The largest absolute Gasteiger partial charge is 1.00 e. The first-order valence-electron chi connectivity index (χ1n) is 4.16. The van der Waals surface area contributed by atoms with Gasteiger partial charge in [-0.1, -0.05) is 13.3 Å². The van der Waals surface area contributed by atoms with Crippen LogP contribution in [0.1, 0.15) is 26.2 Å². The molecule has 0 aliphatic rings. The van der Waals surface area contributed by atoms with E-state index in [0.29, 0.717) is 6.54 Å². The third-order valence-corrected chi connectivity index (χ3v) is 1.57. The summed E-state index contributed by atoms with van der Waals surface area (Å²) in [5.41, 5.74) is 3.15. The maximum absolute atomic E-state index is 11.1. The number of amides is 3. The molecule has 0 aliphatic carbocycles. The molecular formula is C8H14ClN3O2. The number of imide groups is 1. The van der Waals surface area contributed by atoms with Crippen molar-refractivity contribution in [3.63, 3.8) is 0 Å². The van der Waals surface area contributed by atoms with Gasteiger partial charge in [-0.15, -0.1) is 0 Å². The molecule has 6 heteroatoms. The maximum Gasteiger partial charge on any atom is 0.420 e. The molecule has 0 saturated carbocycles. The van der Waals surface area contributed by atoms with Gasteiger partial charge in [-0.3, -0.25) is 10.5 Å². The predicted octanol–water partition coefficient (Wildman–Crippen LogP) is -3.11. The third-order valence-electron chi connectivity index (χ3n) is 1.57. The second-order valence-corrected chi connectivity index (χ2v) is 2.63. The van der Waals surface area contributed by atoms with Gasteiger partial charge in [0.25, 0.3) is 0 Å². The molecule has 3 N–H and O–H groups in total. The number of nitriles is 1. The van der Waals surface area contributed by atoms with Crippen LogP contribution in [0.5, 0.6) is 0 Å². The van der Waals surface area contributed by atoms with Crippen LogP contribution in [0.4, 0.5) is 4.79 Å². The summed E-state index contributed by atoms with van der Waals surface area (Å²) in [4.78, 5) is 23.0. The van der Waals surface area contributed by atoms with Crippen molar-refractivity contribution in [2.45, 2.75) is 26.2 Å². The summed E-state index contributed by atoms with van der Waals surface area (Å²) in [6.07, 6.45) is 1.38. The Bertz CT molecular complexity index is 237. The number of unbranched alkanes of at least 4 members (excludes halogenated alkanes) is 1. The van der Waals surface area contributed by atoms with Gasteiger partial charge in [-0.25, -0.2) is 9.69 Å². The van der Waals surface area contributed by atoms with Crippen molar-refractivity contribution in [2.75, 3.05) is 6.54 Å². The fourth-order valence-corrected chi connectivity index (χ4v) is 0.868. The van der Waals surface area contributed by atoms with Gasteiger partial charge < -0.3 is 12.4 Å². The number of quaternary nitrogens is 1. The van der Waals surface area contributed by atoms with E-state index in [4.69, 9.17) is 5.26 Å². The normalized spacial score (nSPS) is 8.36. The fraction of sp³-hybridized carbons (Fsp3) is 0.625. The minimum Gasteiger partial charge on any atom is -1.00 e. The Balaban J connectivity index is 0. The molecule has 0 rings (SSSR count). The maximum atomic E-state index is 11.1. The highest BCUT2D eigenvalue weighted by Gasteiger charge is 2.19. The first-order valence-corrected chi connectivity index (χ1v) is 4.16. The Hall–Kier alpha value is -1.12. The molecule has 0 spiro atoms. The van der Waals surface area contributed by atoms with Crippen molar-refractivity contribution in [2.24, 2.45) is 0 Å². The van der Waals surface area contributed by atoms with E-state index in [1.54, 1.807) is 6.07 Å². The zero-order valence-electron chi connectivity index (χ0n) is 8.12. The van der Waals surface area contributed by atoms with Crippen LogP contribution in [0.2, 0.25) is 0 Å². The summed E-state index contributed by atoms with van der Waals surface area (Å²) >= 11 is 0. The molecule has 0 atom stereocenters. The van der Waals surface area contributed by atoms with Crippen LogP contribution >= 0.6 is 0 Å². The van der Waals surface area contributed by atoms with Gasteiger partial charge in [0.05, 0.1) is 6.07 Å². The number of urea groups is 1. The molecule has 14 heavy (non-hydrogen) atoms. The molecule has 0 aromatic rings. The van der Waals surface area contributed by atoms with Gasteiger partial charge in [0.2, 0.25) is 5.91 Å². The molecule has 0 unspecified atom stereocenters. The smallest absolute Gasteiger partial charge is 0.420 e. The topological polar surface area (TPSA) is 88.8 Å². The second kappa shape index (κ2) is 8.48. The third kappa shape index (κ3) is 5.51. The molecule has 0 aromatic heterocycles. The zero-order valence-corrected chi connectivity index (χ0v) is 8.88. The highest BCUT2D eigenvalue weighted by atomic mass is 35.5. The Labute approximate surface area is 89.3 Å². The van der Waals surface area contributed by atoms with Crippen LogP contribution in [0.3, 0.4) is 0 Å². The SMILES string of the molecule is CCCCN(C([NH3+])=O)C(=O)CC#N.[Cl-]. The van der Waals surface area contributed by atoms with E-state index in [1.807, 2.05) is 6.92 Å². The highest BCUT2D eigenvalue weighted by molar-refractivity contribution is 5.91. The fourth-order valence-electron chi connectivity index (χ4n) is 0.868. The Kier molecular flexibility index (Phi) is 9.30. The molecule has 0 bridgehead atoms. The van der Waals surface area contributed by atoms with Gasteiger partial charge >= 0.3 is 6.03 Å². The van der Waals surface area contributed by atoms with Crippen LogP contribution < -0.4 is 18.1 Å². The lowest BCUT2D eigenvalue weighted by atomic mass is 10.3. The van der Waals surface area contributed by atoms with E-state index >= 15 is 0 Å². The summed E-state index contributed by atoms with van der Waals surface area (Å²) < 4.78 is 0. The summed E-state index contributed by atoms with van der Waals surface area (Å²) in [6.45, 7) is 2.32. The summed E-state index contributed by atoms with van der Waals surface area (Å²) in [7, 11) is 0. The van der Waals surface area contributed by atoms with Crippen molar-refractivity contribution < 1.29 is 27.7 Å². The van der Waals surface area contributed by atoms with Gasteiger partial charge in [-0.2, -0.15) is 5.26 Å². The lowest BCUT2D eigenvalue weighted by molar-refractivity contribution is -0.263. The van der Waals surface area contributed by atoms with Crippen molar-refractivity contribution in [1.29, 1.82) is 5.26 Å². The van der Waals surface area contributed by atoms with E-state index in [1.165, 1.54) is 0 Å². The first kappa shape index (κ1) is 15.4. The van der Waals surface area contributed by atoms with Crippen molar-refractivity contribution in [3.8, 4) is 6.07 Å². The highest BCUT2D eigenvalue weighted by Crippen LogP contribution is 1.97. The Morgan fingerprint density at radius 1 is 1.50 bits per heavy atom. The van der Waals surface area contributed by atoms with E-state index in [-0.39, 0.29) is 18.8 Å². The number of hydrogen-bond acceptors (Lipinski definition) is 3. The molecule has 3 amide bonds. The molecule has 5 nitrogen and oxygen atoms in total. The number of hydrogen-bond donors (Lipinski definition) is 1. The number of carbonyl (C=O) groups is 2. The van der Waals surface area contributed by atoms with E-state index in [2.05, 4.69) is 5.73 Å². The second-order valence-electron chi connectivity index (χ2n) is 2.63. The van der Waals surface area contributed by atoms with Crippen LogP contribution in [0, 0.1) is 11.3 Å². The molecule has 0 aliphatic heterocycles. The molecule has 0 radical (unpaired) electrons. The van der Waals surface area contributed by atoms with Crippen molar-refractivity contribution >= 4 is 11.9 Å². The molecule has 0 saturated heterocycles. The molecular weight excluding hydrogens is 206 g/mol. The summed E-state index contributed by atoms with van der Waals surface area (Å²) in [5.74, 6) is -0.462. The lowest BCUT2D eigenvalue weighted by Gasteiger charge is -2.13. The van der Waals surface area contributed by atoms with Crippen molar-refractivity contribution in [3.05, 3.63) is 0 Å². The van der Waals surface area contributed by atoms with E-state index < -0.39 is 11.9 Å². The van der Waals surface area contributed by atoms with Crippen LogP contribution in [-0.4, -0.2) is 23.4 Å². The van der Waals surface area contributed by atoms with Crippen LogP contribution in [-0.2, 0) is 4.79 Å². The first-order chi connectivity index (χ1) is 6.13. The lowest BCUT2D eigenvalue weighted by Crippen LogP contribution is -3.00. The number of carbonyl (C=O) groups excluding carboxylic acids is 2. The van der Waals surface area contributed by atoms with Gasteiger partial charge in [-0.05, 0) is 6.42 Å². The predicted molar refractivity (Wildman–Crippen MR) is 45.1 cm³/mol. The van der Waals surface area contributed by atoms with Crippen LogP contribution in [0.15, 0.2) is 0 Å². The van der Waals surface area contributed by atoms with Gasteiger partial charge in [0.15, 0.2) is 0 Å². The van der Waals surface area contributed by atoms with E-state index in [0.717, 1.165) is 17.7 Å². The minimum atomic E-state index is -0.534. The van der Waals surface area contributed by atoms with Gasteiger partial charge in [0, 0.05) is 6.54 Å². The van der Waals surface area contributed by atoms with Gasteiger partial charge in [0.1, 0.15) is 6.42 Å². The Morgan fingerprint density at radius 3 is 2.43 bits per heavy atom. The molecule has 80 valence electrons. The molecule has 0 fully saturated rings. The standard InChI is InChI=1S/C8H13N3O2.ClH/c1-2-3-6-11(8(10)13)7(12)4-5-9;/h2-4,6H2,1H3,(H2,10,13);1H. The summed E-state index contributed by atoms with van der Waals surface area (Å²) in [6, 6.07) is 1.17.